The number of para-hydroxylation sites is 1. The molecule has 136 valence electrons. The molecule has 7 nitrogen and oxygen atoms in total. The molecule has 1 aromatic carbocycles. The summed E-state index contributed by atoms with van der Waals surface area (Å²) in [4.78, 5) is 17.0. The third-order valence-electron chi connectivity index (χ3n) is 4.33. The van der Waals surface area contributed by atoms with E-state index in [9.17, 15) is 4.79 Å². The van der Waals surface area contributed by atoms with E-state index in [1.54, 1.807) is 23.1 Å². The second-order valence-corrected chi connectivity index (χ2v) is 6.99. The summed E-state index contributed by atoms with van der Waals surface area (Å²) < 4.78 is 4.50. The second kappa shape index (κ2) is 6.96. The van der Waals surface area contributed by atoms with E-state index in [4.69, 9.17) is 0 Å². The number of carbonyl (C=O) groups is 1. The maximum absolute atomic E-state index is 12.6. The minimum atomic E-state index is -0.276. The highest BCUT2D eigenvalue weighted by Crippen LogP contribution is 2.21. The minimum absolute atomic E-state index is 0.276. The molecule has 0 unspecified atom stereocenters. The Morgan fingerprint density at radius 3 is 2.74 bits per heavy atom. The van der Waals surface area contributed by atoms with Gasteiger partial charge in [-0.3, -0.25) is 14.5 Å². The Hall–Kier alpha value is -3.00. The molecule has 0 aliphatic carbocycles. The molecule has 0 bridgehead atoms. The molecule has 0 spiro atoms. The van der Waals surface area contributed by atoms with Crippen LogP contribution in [0.5, 0.6) is 0 Å². The Bertz CT molecular complexity index is 1140. The fraction of sp³-hybridized carbons (Fsp3) is 0.158. The molecule has 27 heavy (non-hydrogen) atoms. The Balaban J connectivity index is 1.54. The number of rotatable bonds is 4. The highest BCUT2D eigenvalue weighted by molar-refractivity contribution is 9.10. The van der Waals surface area contributed by atoms with Crippen molar-refractivity contribution in [3.63, 3.8) is 0 Å². The largest absolute Gasteiger partial charge is 0.319 e. The van der Waals surface area contributed by atoms with Gasteiger partial charge in [-0.25, -0.2) is 4.68 Å². The lowest BCUT2D eigenvalue weighted by molar-refractivity contribution is 0.102. The molecule has 0 atom stereocenters. The van der Waals surface area contributed by atoms with E-state index in [2.05, 4.69) is 36.4 Å². The van der Waals surface area contributed by atoms with E-state index >= 15 is 0 Å². The smallest absolute Gasteiger partial charge is 0.276 e. The van der Waals surface area contributed by atoms with Crippen molar-refractivity contribution in [1.82, 2.24) is 24.5 Å². The van der Waals surface area contributed by atoms with Gasteiger partial charge in [-0.15, -0.1) is 0 Å². The molecule has 0 saturated heterocycles. The van der Waals surface area contributed by atoms with Crippen molar-refractivity contribution in [2.75, 3.05) is 5.32 Å². The number of nitrogens with one attached hydrogen (secondary N) is 1. The fourth-order valence-corrected chi connectivity index (χ4v) is 3.19. The van der Waals surface area contributed by atoms with Crippen LogP contribution in [0.4, 0.5) is 5.69 Å². The molecule has 1 N–H and O–H groups in total. The lowest BCUT2D eigenvalue weighted by atomic mass is 10.2. The molecule has 3 aromatic heterocycles. The molecule has 3 heterocycles. The third-order valence-corrected chi connectivity index (χ3v) is 5.47. The van der Waals surface area contributed by atoms with E-state index < -0.39 is 0 Å². The van der Waals surface area contributed by atoms with Gasteiger partial charge >= 0.3 is 0 Å². The zero-order chi connectivity index (χ0) is 19.0. The van der Waals surface area contributed by atoms with Gasteiger partial charge in [0.1, 0.15) is 6.67 Å². The predicted octanol–water partition coefficient (Wildman–Crippen LogP) is 3.77. The van der Waals surface area contributed by atoms with Gasteiger partial charge in [-0.1, -0.05) is 18.2 Å². The van der Waals surface area contributed by atoms with Crippen LogP contribution in [0.2, 0.25) is 0 Å². The molecular formula is C19H17BrN6O. The number of nitrogens with zero attached hydrogens (tertiary/aromatic N) is 5. The number of hydrogen-bond donors (Lipinski definition) is 1. The average Bonchev–Trinajstić information content (AvgIpc) is 3.23. The number of hydrogen-bond acceptors (Lipinski definition) is 4. The average molecular weight is 425 g/mol. The van der Waals surface area contributed by atoms with E-state index in [-0.39, 0.29) is 5.91 Å². The molecule has 0 radical (unpaired) electrons. The first-order chi connectivity index (χ1) is 13.0. The quantitative estimate of drug-likeness (QED) is 0.540. The summed E-state index contributed by atoms with van der Waals surface area (Å²) in [5.74, 6) is -0.276. The Morgan fingerprint density at radius 2 is 1.96 bits per heavy atom. The van der Waals surface area contributed by atoms with Crippen LogP contribution in [0, 0.1) is 13.8 Å². The molecule has 8 heteroatoms. The summed E-state index contributed by atoms with van der Waals surface area (Å²) >= 11 is 3.52. The van der Waals surface area contributed by atoms with Gasteiger partial charge < -0.3 is 5.32 Å². The highest BCUT2D eigenvalue weighted by Gasteiger charge is 2.13. The van der Waals surface area contributed by atoms with Crippen molar-refractivity contribution in [3.8, 4) is 0 Å². The summed E-state index contributed by atoms with van der Waals surface area (Å²) in [6, 6.07) is 11.2. The van der Waals surface area contributed by atoms with E-state index in [0.717, 1.165) is 26.8 Å². The number of carbonyl (C=O) groups excluding carboxylic acids is 1. The first kappa shape index (κ1) is 17.4. The fourth-order valence-electron chi connectivity index (χ4n) is 2.90. The SMILES string of the molecule is Cc1nn(Cn2ccc(C(=O)Nc3cccc4cccnc34)n2)c(C)c1Br. The van der Waals surface area contributed by atoms with Crippen LogP contribution in [0.3, 0.4) is 0 Å². The number of aryl methyl sites for hydroxylation is 1. The highest BCUT2D eigenvalue weighted by atomic mass is 79.9. The minimum Gasteiger partial charge on any atom is -0.319 e. The molecule has 4 aromatic rings. The van der Waals surface area contributed by atoms with Crippen LogP contribution in [-0.2, 0) is 6.67 Å². The van der Waals surface area contributed by atoms with Gasteiger partial charge in [0.2, 0.25) is 0 Å². The summed E-state index contributed by atoms with van der Waals surface area (Å²) in [6.45, 7) is 4.35. The van der Waals surface area contributed by atoms with Crippen LogP contribution < -0.4 is 5.32 Å². The molecule has 0 aliphatic heterocycles. The number of anilines is 1. The predicted molar refractivity (Wildman–Crippen MR) is 107 cm³/mol. The third kappa shape index (κ3) is 3.35. The van der Waals surface area contributed by atoms with Crippen LogP contribution in [0.1, 0.15) is 21.9 Å². The summed E-state index contributed by atoms with van der Waals surface area (Å²) in [6.07, 6.45) is 3.47. The summed E-state index contributed by atoms with van der Waals surface area (Å²) in [5, 5.41) is 12.7. The van der Waals surface area contributed by atoms with Crippen molar-refractivity contribution in [2.45, 2.75) is 20.5 Å². The van der Waals surface area contributed by atoms with E-state index in [1.165, 1.54) is 0 Å². The van der Waals surface area contributed by atoms with Gasteiger partial charge in [0.25, 0.3) is 5.91 Å². The van der Waals surface area contributed by atoms with Gasteiger partial charge in [0.15, 0.2) is 5.69 Å². The summed E-state index contributed by atoms with van der Waals surface area (Å²) in [5.41, 5.74) is 3.68. The lowest BCUT2D eigenvalue weighted by Crippen LogP contribution is -2.16. The number of aromatic nitrogens is 5. The second-order valence-electron chi connectivity index (χ2n) is 6.20. The van der Waals surface area contributed by atoms with Crippen LogP contribution in [0.15, 0.2) is 53.3 Å². The number of amides is 1. The molecule has 1 amide bonds. The molecular weight excluding hydrogens is 408 g/mol. The normalized spacial score (nSPS) is 11.1. The molecule has 4 rings (SSSR count). The molecule has 0 fully saturated rings. The van der Waals surface area contributed by atoms with Gasteiger partial charge in [-0.05, 0) is 48.0 Å². The monoisotopic (exact) mass is 424 g/mol. The van der Waals surface area contributed by atoms with E-state index in [0.29, 0.717) is 18.1 Å². The number of halogens is 1. The van der Waals surface area contributed by atoms with Crippen LogP contribution in [0.25, 0.3) is 10.9 Å². The van der Waals surface area contributed by atoms with Gasteiger partial charge in [0.05, 0.1) is 27.1 Å². The number of fused-ring (bicyclic) bond motifs is 1. The van der Waals surface area contributed by atoms with Crippen molar-refractivity contribution >= 4 is 38.4 Å². The molecule has 0 saturated carbocycles. The lowest BCUT2D eigenvalue weighted by Gasteiger charge is -2.07. The standard InChI is InChI=1S/C19H17BrN6O/c1-12-17(20)13(2)26(23-12)11-25-10-8-16(24-25)19(27)22-15-7-3-5-14-6-4-9-21-18(14)15/h3-10H,11H2,1-2H3,(H,22,27). The zero-order valence-electron chi connectivity index (χ0n) is 14.8. The summed E-state index contributed by atoms with van der Waals surface area (Å²) in [7, 11) is 0. The number of benzene rings is 1. The van der Waals surface area contributed by atoms with Gasteiger partial charge in [-0.2, -0.15) is 10.2 Å². The Kier molecular flexibility index (Phi) is 4.49. The van der Waals surface area contributed by atoms with Crippen molar-refractivity contribution in [3.05, 3.63) is 70.3 Å². The topological polar surface area (TPSA) is 77.6 Å². The Labute approximate surface area is 164 Å². The van der Waals surface area contributed by atoms with Gasteiger partial charge in [0, 0.05) is 17.8 Å². The van der Waals surface area contributed by atoms with Crippen molar-refractivity contribution in [2.24, 2.45) is 0 Å². The zero-order valence-corrected chi connectivity index (χ0v) is 16.4. The first-order valence-electron chi connectivity index (χ1n) is 8.41. The first-order valence-corrected chi connectivity index (χ1v) is 9.20. The Morgan fingerprint density at radius 1 is 1.15 bits per heavy atom. The maximum atomic E-state index is 12.6. The van der Waals surface area contributed by atoms with Crippen LogP contribution >= 0.6 is 15.9 Å². The molecule has 0 aliphatic rings. The number of pyridine rings is 1. The maximum Gasteiger partial charge on any atom is 0.276 e. The van der Waals surface area contributed by atoms with Crippen LogP contribution in [-0.4, -0.2) is 30.5 Å². The van der Waals surface area contributed by atoms with E-state index in [1.807, 2.05) is 48.9 Å². The van der Waals surface area contributed by atoms with Crippen molar-refractivity contribution in [1.29, 1.82) is 0 Å². The van der Waals surface area contributed by atoms with Crippen molar-refractivity contribution < 1.29 is 4.79 Å².